The van der Waals surface area contributed by atoms with Crippen LogP contribution in [-0.4, -0.2) is 38.4 Å². The predicted octanol–water partition coefficient (Wildman–Crippen LogP) is 0.753. The molecule has 13 heavy (non-hydrogen) atoms. The van der Waals surface area contributed by atoms with Crippen LogP contribution in [0.1, 0.15) is 26.7 Å². The molecule has 0 aromatic rings. The zero-order valence-electron chi connectivity index (χ0n) is 8.81. The maximum atomic E-state index is 5.73. The molecule has 0 spiro atoms. The van der Waals surface area contributed by atoms with Crippen molar-refractivity contribution in [1.29, 1.82) is 0 Å². The second-order valence-electron chi connectivity index (χ2n) is 3.93. The molecule has 1 saturated heterocycles. The van der Waals surface area contributed by atoms with Crippen molar-refractivity contribution in [3.63, 3.8) is 0 Å². The van der Waals surface area contributed by atoms with Crippen molar-refractivity contribution in [2.75, 3.05) is 26.2 Å². The largest absolute Gasteiger partial charge is 0.377 e. The molecule has 0 unspecified atom stereocenters. The molecule has 1 rings (SSSR count). The third-order valence-electron chi connectivity index (χ3n) is 2.29. The van der Waals surface area contributed by atoms with Crippen molar-refractivity contribution in [2.45, 2.75) is 38.8 Å². The highest BCUT2D eigenvalue weighted by Gasteiger charge is 2.12. The standard InChI is InChI=1S/C10H22N2O/c1-9(2)12-7-8-13-10-3-5-11-6-4-10/h9-12H,3-8H2,1-2H3. The van der Waals surface area contributed by atoms with Crippen LogP contribution < -0.4 is 10.6 Å². The SMILES string of the molecule is CC(C)NCCOC1CCNCC1. The average Bonchev–Trinajstić information content (AvgIpc) is 2.14. The molecule has 3 heteroatoms. The molecular formula is C10H22N2O. The minimum Gasteiger partial charge on any atom is -0.377 e. The van der Waals surface area contributed by atoms with Gasteiger partial charge in [0, 0.05) is 12.6 Å². The summed E-state index contributed by atoms with van der Waals surface area (Å²) in [5.74, 6) is 0. The average molecular weight is 186 g/mol. The Labute approximate surface area is 81.2 Å². The fraction of sp³-hybridized carbons (Fsp3) is 1.00. The van der Waals surface area contributed by atoms with Crippen molar-refractivity contribution in [1.82, 2.24) is 10.6 Å². The van der Waals surface area contributed by atoms with Crippen LogP contribution in [0.15, 0.2) is 0 Å². The Morgan fingerprint density at radius 3 is 2.69 bits per heavy atom. The predicted molar refractivity (Wildman–Crippen MR) is 55.0 cm³/mol. The van der Waals surface area contributed by atoms with Gasteiger partial charge < -0.3 is 15.4 Å². The van der Waals surface area contributed by atoms with Gasteiger partial charge in [0.15, 0.2) is 0 Å². The summed E-state index contributed by atoms with van der Waals surface area (Å²) >= 11 is 0. The normalized spacial score (nSPS) is 19.6. The van der Waals surface area contributed by atoms with Crippen LogP contribution in [0.4, 0.5) is 0 Å². The third-order valence-corrected chi connectivity index (χ3v) is 2.29. The lowest BCUT2D eigenvalue weighted by molar-refractivity contribution is 0.0342. The molecule has 1 heterocycles. The summed E-state index contributed by atoms with van der Waals surface area (Å²) in [6, 6.07) is 0.566. The fourth-order valence-electron chi connectivity index (χ4n) is 1.54. The van der Waals surface area contributed by atoms with E-state index in [4.69, 9.17) is 4.74 Å². The molecule has 0 radical (unpaired) electrons. The van der Waals surface area contributed by atoms with Gasteiger partial charge in [-0.3, -0.25) is 0 Å². The topological polar surface area (TPSA) is 33.3 Å². The summed E-state index contributed by atoms with van der Waals surface area (Å²) in [6.07, 6.45) is 2.83. The number of ether oxygens (including phenoxy) is 1. The van der Waals surface area contributed by atoms with Gasteiger partial charge in [-0.25, -0.2) is 0 Å². The smallest absolute Gasteiger partial charge is 0.0600 e. The molecule has 3 nitrogen and oxygen atoms in total. The molecule has 0 aromatic carbocycles. The number of hydrogen-bond acceptors (Lipinski definition) is 3. The van der Waals surface area contributed by atoms with E-state index in [9.17, 15) is 0 Å². The molecule has 0 amide bonds. The zero-order valence-corrected chi connectivity index (χ0v) is 8.81. The van der Waals surface area contributed by atoms with Gasteiger partial charge in [-0.2, -0.15) is 0 Å². The Morgan fingerprint density at radius 1 is 1.38 bits per heavy atom. The highest BCUT2D eigenvalue weighted by molar-refractivity contribution is 4.68. The van der Waals surface area contributed by atoms with Crippen LogP contribution in [0, 0.1) is 0 Å². The lowest BCUT2D eigenvalue weighted by Gasteiger charge is -2.23. The van der Waals surface area contributed by atoms with Crippen LogP contribution in [-0.2, 0) is 4.74 Å². The Kier molecular flexibility index (Phi) is 5.35. The van der Waals surface area contributed by atoms with Crippen LogP contribution in [0.5, 0.6) is 0 Å². The van der Waals surface area contributed by atoms with Gasteiger partial charge in [-0.15, -0.1) is 0 Å². The second-order valence-corrected chi connectivity index (χ2v) is 3.93. The van der Waals surface area contributed by atoms with Gasteiger partial charge in [0.1, 0.15) is 0 Å². The first-order chi connectivity index (χ1) is 6.29. The Hall–Kier alpha value is -0.120. The van der Waals surface area contributed by atoms with Crippen molar-refractivity contribution in [3.8, 4) is 0 Å². The second kappa shape index (κ2) is 6.35. The van der Waals surface area contributed by atoms with Crippen LogP contribution in [0.25, 0.3) is 0 Å². The minimum absolute atomic E-state index is 0.496. The van der Waals surface area contributed by atoms with Gasteiger partial charge in [-0.1, -0.05) is 13.8 Å². The Bertz CT molecular complexity index is 122. The van der Waals surface area contributed by atoms with Crippen LogP contribution in [0.3, 0.4) is 0 Å². The lowest BCUT2D eigenvalue weighted by atomic mass is 10.1. The van der Waals surface area contributed by atoms with E-state index in [0.29, 0.717) is 12.1 Å². The van der Waals surface area contributed by atoms with E-state index in [1.165, 1.54) is 12.8 Å². The van der Waals surface area contributed by atoms with E-state index in [2.05, 4.69) is 24.5 Å². The first-order valence-corrected chi connectivity index (χ1v) is 5.34. The summed E-state index contributed by atoms with van der Waals surface area (Å²) < 4.78 is 5.73. The molecular weight excluding hydrogens is 164 g/mol. The molecule has 78 valence electrons. The molecule has 1 aliphatic rings. The Morgan fingerprint density at radius 2 is 2.08 bits per heavy atom. The van der Waals surface area contributed by atoms with Gasteiger partial charge in [0.2, 0.25) is 0 Å². The molecule has 2 N–H and O–H groups in total. The van der Waals surface area contributed by atoms with E-state index in [0.717, 1.165) is 26.2 Å². The fourth-order valence-corrected chi connectivity index (χ4v) is 1.54. The maximum absolute atomic E-state index is 5.73. The molecule has 0 bridgehead atoms. The van der Waals surface area contributed by atoms with E-state index in [-0.39, 0.29) is 0 Å². The Balaban J connectivity index is 1.92. The summed E-state index contributed by atoms with van der Waals surface area (Å²) in [4.78, 5) is 0. The third kappa shape index (κ3) is 5.24. The number of hydrogen-bond donors (Lipinski definition) is 2. The lowest BCUT2D eigenvalue weighted by Crippen LogP contribution is -2.34. The molecule has 1 aliphatic heterocycles. The van der Waals surface area contributed by atoms with E-state index >= 15 is 0 Å². The quantitative estimate of drug-likeness (QED) is 0.622. The number of piperidine rings is 1. The van der Waals surface area contributed by atoms with Crippen molar-refractivity contribution in [2.24, 2.45) is 0 Å². The maximum Gasteiger partial charge on any atom is 0.0600 e. The van der Waals surface area contributed by atoms with Gasteiger partial charge in [0.05, 0.1) is 12.7 Å². The highest BCUT2D eigenvalue weighted by Crippen LogP contribution is 2.06. The van der Waals surface area contributed by atoms with Crippen LogP contribution >= 0.6 is 0 Å². The van der Waals surface area contributed by atoms with Crippen molar-refractivity contribution < 1.29 is 4.74 Å². The highest BCUT2D eigenvalue weighted by atomic mass is 16.5. The van der Waals surface area contributed by atoms with Crippen molar-refractivity contribution >= 4 is 0 Å². The summed E-state index contributed by atoms with van der Waals surface area (Å²) in [6.45, 7) is 8.37. The summed E-state index contributed by atoms with van der Waals surface area (Å²) in [5.41, 5.74) is 0. The minimum atomic E-state index is 0.496. The number of rotatable bonds is 5. The first-order valence-electron chi connectivity index (χ1n) is 5.34. The number of nitrogens with one attached hydrogen (secondary N) is 2. The van der Waals surface area contributed by atoms with Gasteiger partial charge in [-0.05, 0) is 25.9 Å². The zero-order chi connectivity index (χ0) is 9.52. The van der Waals surface area contributed by atoms with E-state index < -0.39 is 0 Å². The monoisotopic (exact) mass is 186 g/mol. The van der Waals surface area contributed by atoms with Gasteiger partial charge >= 0.3 is 0 Å². The summed E-state index contributed by atoms with van der Waals surface area (Å²) in [7, 11) is 0. The molecule has 0 aromatic heterocycles. The molecule has 1 fully saturated rings. The first kappa shape index (κ1) is 11.0. The van der Waals surface area contributed by atoms with Crippen molar-refractivity contribution in [3.05, 3.63) is 0 Å². The molecule has 0 atom stereocenters. The summed E-state index contributed by atoms with van der Waals surface area (Å²) in [5, 5.41) is 6.67. The van der Waals surface area contributed by atoms with E-state index in [1.807, 2.05) is 0 Å². The molecule has 0 saturated carbocycles. The molecule has 0 aliphatic carbocycles. The van der Waals surface area contributed by atoms with Crippen LogP contribution in [0.2, 0.25) is 0 Å². The van der Waals surface area contributed by atoms with E-state index in [1.54, 1.807) is 0 Å². The van der Waals surface area contributed by atoms with Gasteiger partial charge in [0.25, 0.3) is 0 Å².